The van der Waals surface area contributed by atoms with Gasteiger partial charge in [0.2, 0.25) is 5.91 Å². The Morgan fingerprint density at radius 1 is 1.26 bits per heavy atom. The van der Waals surface area contributed by atoms with Crippen molar-refractivity contribution in [2.75, 3.05) is 6.61 Å². The third-order valence-electron chi connectivity index (χ3n) is 5.39. The van der Waals surface area contributed by atoms with Crippen LogP contribution in [0.25, 0.3) is 0 Å². The maximum absolute atomic E-state index is 12.6. The fourth-order valence-electron chi connectivity index (χ4n) is 3.50. The maximum atomic E-state index is 12.6. The minimum Gasteiger partial charge on any atom is -0.484 e. The summed E-state index contributed by atoms with van der Waals surface area (Å²) in [6.07, 6.45) is 5.98. The number of carbonyl (C=O) groups is 2. The molecule has 4 N–H and O–H groups in total. The molecule has 0 spiro atoms. The van der Waals surface area contributed by atoms with Gasteiger partial charge in [0.1, 0.15) is 11.5 Å². The average Bonchev–Trinajstić information content (AvgIpc) is 2.65. The van der Waals surface area contributed by atoms with Gasteiger partial charge in [-0.15, -0.1) is 0 Å². The molecular formula is C21H32N2O4. The Kier molecular flexibility index (Phi) is 7.66. The number of carbonyl (C=O) groups excluding carboxylic acids is 2. The highest BCUT2D eigenvalue weighted by Gasteiger charge is 2.35. The average molecular weight is 376 g/mol. The Bertz CT molecular complexity index is 641. The largest absolute Gasteiger partial charge is 0.484 e. The number of aryl methyl sites for hydroxylation is 1. The van der Waals surface area contributed by atoms with Gasteiger partial charge in [0, 0.05) is 11.8 Å². The number of hydrogen-bond donors (Lipinski definition) is 3. The van der Waals surface area contributed by atoms with Crippen molar-refractivity contribution in [3.8, 4) is 5.75 Å². The number of nitrogens with one attached hydrogen (secondary N) is 1. The predicted octanol–water partition coefficient (Wildman–Crippen LogP) is 2.52. The van der Waals surface area contributed by atoms with Crippen molar-refractivity contribution in [1.82, 2.24) is 5.32 Å². The summed E-state index contributed by atoms with van der Waals surface area (Å²) in [5.41, 5.74) is 4.73. The highest BCUT2D eigenvalue weighted by Crippen LogP contribution is 2.28. The Balaban J connectivity index is 2.03. The molecule has 0 bridgehead atoms. The number of benzene rings is 1. The SMILES string of the molecule is CC(C)C(O)(CCc1ccccc1OCC(N)=O)NC(=O)C1CCCCC1. The van der Waals surface area contributed by atoms with Crippen LogP contribution in [0, 0.1) is 11.8 Å². The van der Waals surface area contributed by atoms with Crippen LogP contribution in [0.5, 0.6) is 5.75 Å². The fraction of sp³-hybridized carbons (Fsp3) is 0.619. The highest BCUT2D eigenvalue weighted by atomic mass is 16.5. The molecule has 1 unspecified atom stereocenters. The van der Waals surface area contributed by atoms with Gasteiger partial charge in [-0.1, -0.05) is 51.3 Å². The van der Waals surface area contributed by atoms with Gasteiger partial charge < -0.3 is 20.9 Å². The van der Waals surface area contributed by atoms with E-state index in [-0.39, 0.29) is 24.3 Å². The Labute approximate surface area is 161 Å². The number of primary amides is 1. The van der Waals surface area contributed by atoms with E-state index in [1.54, 1.807) is 6.07 Å². The number of rotatable bonds is 9. The number of ether oxygens (including phenoxy) is 1. The van der Waals surface area contributed by atoms with Crippen LogP contribution in [0.1, 0.15) is 57.9 Å². The molecule has 2 amide bonds. The molecule has 27 heavy (non-hydrogen) atoms. The molecule has 0 aromatic heterocycles. The zero-order valence-electron chi connectivity index (χ0n) is 16.4. The third-order valence-corrected chi connectivity index (χ3v) is 5.39. The molecule has 6 heteroatoms. The molecule has 0 aliphatic heterocycles. The molecule has 1 aliphatic rings. The maximum Gasteiger partial charge on any atom is 0.255 e. The molecule has 1 aliphatic carbocycles. The lowest BCUT2D eigenvalue weighted by Crippen LogP contribution is -2.54. The van der Waals surface area contributed by atoms with Gasteiger partial charge in [0.25, 0.3) is 5.91 Å². The van der Waals surface area contributed by atoms with Gasteiger partial charge in [-0.05, 0) is 37.3 Å². The number of para-hydroxylation sites is 1. The van der Waals surface area contributed by atoms with Crippen molar-refractivity contribution >= 4 is 11.8 Å². The van der Waals surface area contributed by atoms with Crippen molar-refractivity contribution in [2.45, 2.75) is 64.5 Å². The summed E-state index contributed by atoms with van der Waals surface area (Å²) in [5, 5.41) is 14.0. The molecule has 1 aromatic carbocycles. The Morgan fingerprint density at radius 3 is 2.56 bits per heavy atom. The summed E-state index contributed by atoms with van der Waals surface area (Å²) in [7, 11) is 0. The standard InChI is InChI=1S/C21H32N2O4/c1-15(2)21(26,23-20(25)17-9-4-3-5-10-17)13-12-16-8-6-7-11-18(16)27-14-19(22)24/h6-8,11,15,17,26H,3-5,9-10,12-14H2,1-2H3,(H2,22,24)(H,23,25). The summed E-state index contributed by atoms with van der Waals surface area (Å²) in [6.45, 7) is 3.61. The van der Waals surface area contributed by atoms with E-state index < -0.39 is 11.6 Å². The van der Waals surface area contributed by atoms with E-state index in [9.17, 15) is 14.7 Å². The van der Waals surface area contributed by atoms with E-state index in [1.807, 2.05) is 32.0 Å². The van der Waals surface area contributed by atoms with Crippen LogP contribution in [-0.4, -0.2) is 29.3 Å². The first-order valence-electron chi connectivity index (χ1n) is 9.85. The molecule has 0 heterocycles. The summed E-state index contributed by atoms with van der Waals surface area (Å²) in [6, 6.07) is 7.36. The first-order valence-corrected chi connectivity index (χ1v) is 9.85. The van der Waals surface area contributed by atoms with Crippen LogP contribution < -0.4 is 15.8 Å². The Morgan fingerprint density at radius 2 is 1.93 bits per heavy atom. The van der Waals surface area contributed by atoms with E-state index in [2.05, 4.69) is 5.32 Å². The van der Waals surface area contributed by atoms with E-state index in [0.29, 0.717) is 18.6 Å². The van der Waals surface area contributed by atoms with Crippen LogP contribution in [-0.2, 0) is 16.0 Å². The topological polar surface area (TPSA) is 102 Å². The zero-order valence-corrected chi connectivity index (χ0v) is 16.4. The monoisotopic (exact) mass is 376 g/mol. The van der Waals surface area contributed by atoms with Gasteiger partial charge in [0.05, 0.1) is 0 Å². The van der Waals surface area contributed by atoms with Crippen molar-refractivity contribution in [1.29, 1.82) is 0 Å². The minimum absolute atomic E-state index is 0.00443. The lowest BCUT2D eigenvalue weighted by Gasteiger charge is -2.35. The second-order valence-electron chi connectivity index (χ2n) is 7.77. The van der Waals surface area contributed by atoms with Crippen molar-refractivity contribution < 1.29 is 19.4 Å². The normalized spacial score (nSPS) is 17.3. The lowest BCUT2D eigenvalue weighted by atomic mass is 9.86. The van der Waals surface area contributed by atoms with Crippen molar-refractivity contribution in [3.63, 3.8) is 0 Å². The number of nitrogens with two attached hydrogens (primary N) is 1. The molecule has 6 nitrogen and oxygen atoms in total. The molecule has 0 radical (unpaired) electrons. The minimum atomic E-state index is -1.29. The Hall–Kier alpha value is -2.08. The third kappa shape index (κ3) is 6.24. The quantitative estimate of drug-likeness (QED) is 0.576. The van der Waals surface area contributed by atoms with E-state index >= 15 is 0 Å². The first kappa shape index (κ1) is 21.2. The highest BCUT2D eigenvalue weighted by molar-refractivity contribution is 5.79. The first-order chi connectivity index (χ1) is 12.8. The molecule has 1 atom stereocenters. The van der Waals surface area contributed by atoms with Crippen LogP contribution in [0.4, 0.5) is 0 Å². The molecule has 0 saturated heterocycles. The number of amides is 2. The van der Waals surface area contributed by atoms with Crippen molar-refractivity contribution in [3.05, 3.63) is 29.8 Å². The molecule has 1 saturated carbocycles. The van der Waals surface area contributed by atoms with Crippen LogP contribution in [0.15, 0.2) is 24.3 Å². The van der Waals surface area contributed by atoms with E-state index in [1.165, 1.54) is 6.42 Å². The zero-order chi connectivity index (χ0) is 19.9. The lowest BCUT2D eigenvalue weighted by molar-refractivity contribution is -0.137. The van der Waals surface area contributed by atoms with E-state index in [4.69, 9.17) is 10.5 Å². The number of hydrogen-bond acceptors (Lipinski definition) is 4. The van der Waals surface area contributed by atoms with E-state index in [0.717, 1.165) is 31.2 Å². The van der Waals surface area contributed by atoms with Crippen molar-refractivity contribution in [2.24, 2.45) is 17.6 Å². The van der Waals surface area contributed by atoms with Crippen LogP contribution >= 0.6 is 0 Å². The smallest absolute Gasteiger partial charge is 0.255 e. The molecule has 2 rings (SSSR count). The second kappa shape index (κ2) is 9.74. The summed E-state index contributed by atoms with van der Waals surface area (Å²) in [4.78, 5) is 23.6. The summed E-state index contributed by atoms with van der Waals surface area (Å²) in [5.74, 6) is -0.160. The molecule has 150 valence electrons. The molecule has 1 aromatic rings. The summed E-state index contributed by atoms with van der Waals surface area (Å²) >= 11 is 0. The molecule has 1 fully saturated rings. The number of aliphatic hydroxyl groups is 1. The van der Waals surface area contributed by atoms with Gasteiger partial charge in [-0.3, -0.25) is 9.59 Å². The van der Waals surface area contributed by atoms with Gasteiger partial charge >= 0.3 is 0 Å². The second-order valence-corrected chi connectivity index (χ2v) is 7.77. The van der Waals surface area contributed by atoms with Gasteiger partial charge in [-0.25, -0.2) is 0 Å². The van der Waals surface area contributed by atoms with Crippen LogP contribution in [0.3, 0.4) is 0 Å². The summed E-state index contributed by atoms with van der Waals surface area (Å²) < 4.78 is 5.46. The van der Waals surface area contributed by atoms with Gasteiger partial charge in [0.15, 0.2) is 6.61 Å². The molecular weight excluding hydrogens is 344 g/mol. The van der Waals surface area contributed by atoms with Crippen LogP contribution in [0.2, 0.25) is 0 Å². The van der Waals surface area contributed by atoms with Gasteiger partial charge in [-0.2, -0.15) is 0 Å². The predicted molar refractivity (Wildman–Crippen MR) is 104 cm³/mol. The fourth-order valence-corrected chi connectivity index (χ4v) is 3.50.